The number of aryl methyl sites for hydroxylation is 6. The van der Waals surface area contributed by atoms with E-state index in [-0.39, 0.29) is 6.17 Å². The first-order valence-corrected chi connectivity index (χ1v) is 15.2. The molecule has 0 radical (unpaired) electrons. The van der Waals surface area contributed by atoms with Crippen molar-refractivity contribution < 1.29 is 4.74 Å². The van der Waals surface area contributed by atoms with E-state index >= 15 is 0 Å². The minimum absolute atomic E-state index is 0.0127. The molecule has 3 nitrogen and oxygen atoms in total. The highest BCUT2D eigenvalue weighted by atomic mass is 16.5. The van der Waals surface area contributed by atoms with Gasteiger partial charge in [-0.25, -0.2) is 0 Å². The van der Waals surface area contributed by atoms with Crippen molar-refractivity contribution in [2.24, 2.45) is 0 Å². The Hall–Kier alpha value is -4.50. The van der Waals surface area contributed by atoms with Gasteiger partial charge >= 0.3 is 0 Å². The van der Waals surface area contributed by atoms with E-state index in [1.165, 1.54) is 72.7 Å². The first-order chi connectivity index (χ1) is 20.6. The summed E-state index contributed by atoms with van der Waals surface area (Å²) in [7, 11) is 1.75. The second-order valence-electron chi connectivity index (χ2n) is 12.4. The maximum Gasteiger partial charge on any atom is 0.123 e. The molecule has 3 heteroatoms. The van der Waals surface area contributed by atoms with Crippen LogP contribution in [0.4, 0.5) is 22.7 Å². The van der Waals surface area contributed by atoms with E-state index in [0.717, 1.165) is 17.0 Å². The predicted molar refractivity (Wildman–Crippen MR) is 184 cm³/mol. The van der Waals surface area contributed by atoms with Crippen LogP contribution in [0.2, 0.25) is 0 Å². The summed E-state index contributed by atoms with van der Waals surface area (Å²) in [5.74, 6) is 0.903. The van der Waals surface area contributed by atoms with E-state index in [0.29, 0.717) is 0 Å². The number of rotatable bonds is 5. The van der Waals surface area contributed by atoms with Crippen LogP contribution in [-0.2, 0) is 0 Å². The van der Waals surface area contributed by atoms with Crippen molar-refractivity contribution in [1.82, 2.24) is 0 Å². The Labute approximate surface area is 257 Å². The van der Waals surface area contributed by atoms with E-state index < -0.39 is 0 Å². The fraction of sp³-hybridized carbons (Fsp3) is 0.250. The fourth-order valence-corrected chi connectivity index (χ4v) is 6.94. The molecule has 218 valence electrons. The minimum atomic E-state index is 0.0127. The quantitative estimate of drug-likeness (QED) is 0.210. The molecule has 0 saturated carbocycles. The maximum absolute atomic E-state index is 5.78. The molecule has 43 heavy (non-hydrogen) atoms. The van der Waals surface area contributed by atoms with Gasteiger partial charge in [0.1, 0.15) is 11.9 Å². The molecule has 0 fully saturated rings. The van der Waals surface area contributed by atoms with Gasteiger partial charge in [0.15, 0.2) is 0 Å². The topological polar surface area (TPSA) is 15.7 Å². The van der Waals surface area contributed by atoms with Gasteiger partial charge in [-0.15, -0.1) is 0 Å². The van der Waals surface area contributed by atoms with E-state index in [2.05, 4.69) is 144 Å². The molecule has 0 spiro atoms. The summed E-state index contributed by atoms with van der Waals surface area (Å²) in [6, 6.07) is 31.7. The Morgan fingerprint density at radius 2 is 1.00 bits per heavy atom. The van der Waals surface area contributed by atoms with Gasteiger partial charge in [0.25, 0.3) is 0 Å². The Balaban J connectivity index is 1.69. The summed E-state index contributed by atoms with van der Waals surface area (Å²) in [6.45, 7) is 17.7. The molecule has 0 bridgehead atoms. The Kier molecular flexibility index (Phi) is 7.30. The third-order valence-corrected chi connectivity index (χ3v) is 8.93. The molecule has 0 saturated heterocycles. The number of nitrogens with zero attached hydrogens (tertiary/aromatic N) is 2. The van der Waals surface area contributed by atoms with E-state index in [4.69, 9.17) is 4.74 Å². The molecule has 1 atom stereocenters. The van der Waals surface area contributed by atoms with Crippen LogP contribution in [0.15, 0.2) is 84.9 Å². The van der Waals surface area contributed by atoms with Crippen molar-refractivity contribution in [3.05, 3.63) is 124 Å². The van der Waals surface area contributed by atoms with E-state index in [9.17, 15) is 0 Å². The molecule has 0 aromatic heterocycles. The third kappa shape index (κ3) is 4.97. The molecule has 0 aliphatic carbocycles. The van der Waals surface area contributed by atoms with Gasteiger partial charge < -0.3 is 14.5 Å². The Morgan fingerprint density at radius 1 is 0.535 bits per heavy atom. The fourth-order valence-electron chi connectivity index (χ4n) is 6.94. The summed E-state index contributed by atoms with van der Waals surface area (Å²) >= 11 is 0. The maximum atomic E-state index is 5.78. The largest absolute Gasteiger partial charge is 0.496 e. The summed E-state index contributed by atoms with van der Waals surface area (Å²) in [4.78, 5) is 5.06. The highest BCUT2D eigenvalue weighted by Crippen LogP contribution is 2.54. The summed E-state index contributed by atoms with van der Waals surface area (Å²) < 4.78 is 5.78. The molecule has 0 unspecified atom stereocenters. The average Bonchev–Trinajstić information content (AvgIpc) is 3.22. The number of para-hydroxylation sites is 1. The third-order valence-electron chi connectivity index (χ3n) is 8.93. The molecule has 1 aliphatic heterocycles. The summed E-state index contributed by atoms with van der Waals surface area (Å²) in [5.41, 5.74) is 18.6. The van der Waals surface area contributed by atoms with Gasteiger partial charge in [-0.05, 0) is 102 Å². The van der Waals surface area contributed by atoms with Crippen molar-refractivity contribution >= 4 is 22.7 Å². The Morgan fingerprint density at radius 3 is 1.49 bits per heavy atom. The highest BCUT2D eigenvalue weighted by Gasteiger charge is 2.38. The molecule has 1 aliphatic rings. The zero-order valence-corrected chi connectivity index (χ0v) is 27.0. The van der Waals surface area contributed by atoms with Gasteiger partial charge in [-0.3, -0.25) is 0 Å². The molecule has 0 amide bonds. The van der Waals surface area contributed by atoms with Crippen LogP contribution in [-0.4, -0.2) is 13.3 Å². The number of ether oxygens (including phenoxy) is 1. The van der Waals surface area contributed by atoms with Gasteiger partial charge in [0.05, 0.1) is 24.2 Å². The van der Waals surface area contributed by atoms with Gasteiger partial charge in [0.2, 0.25) is 0 Å². The molecule has 5 aromatic rings. The van der Waals surface area contributed by atoms with Crippen LogP contribution in [0.25, 0.3) is 22.3 Å². The normalized spacial score (nSPS) is 14.3. The predicted octanol–water partition coefficient (Wildman–Crippen LogP) is 10.8. The number of anilines is 4. The SMILES string of the molecule is COc1cccc(N2c3cc(C)c(C)cc3N(c3c(-c4cc(C)cc(C)c4)cccc3-c3cc(C)cc(C)c3)[C@@H]2C)c1C. The average molecular weight is 567 g/mol. The number of fused-ring (bicyclic) bond motifs is 1. The Bertz CT molecular complexity index is 1760. The van der Waals surface area contributed by atoms with E-state index in [1.54, 1.807) is 7.11 Å². The lowest BCUT2D eigenvalue weighted by Gasteiger charge is -2.34. The summed E-state index contributed by atoms with van der Waals surface area (Å²) in [6.07, 6.45) is 0.0127. The van der Waals surface area contributed by atoms with Crippen molar-refractivity contribution in [3.63, 3.8) is 0 Å². The number of benzene rings is 5. The molecule has 5 aromatic carbocycles. The smallest absolute Gasteiger partial charge is 0.123 e. The van der Waals surface area contributed by atoms with Gasteiger partial charge in [0, 0.05) is 22.4 Å². The molecular formula is C40H42N2O. The zero-order valence-electron chi connectivity index (χ0n) is 27.0. The lowest BCUT2D eigenvalue weighted by Crippen LogP contribution is -2.36. The first-order valence-electron chi connectivity index (χ1n) is 15.2. The van der Waals surface area contributed by atoms with Crippen molar-refractivity contribution in [2.75, 3.05) is 16.9 Å². The van der Waals surface area contributed by atoms with Gasteiger partial charge in [-0.1, -0.05) is 82.9 Å². The second kappa shape index (κ2) is 11.0. The molecular weight excluding hydrogens is 524 g/mol. The van der Waals surface area contributed by atoms with E-state index in [1.807, 2.05) is 6.07 Å². The van der Waals surface area contributed by atoms with Crippen LogP contribution in [0.3, 0.4) is 0 Å². The molecule has 6 rings (SSSR count). The zero-order chi connectivity index (χ0) is 30.6. The lowest BCUT2D eigenvalue weighted by molar-refractivity contribution is 0.411. The lowest BCUT2D eigenvalue weighted by atomic mass is 9.92. The van der Waals surface area contributed by atoms with Crippen molar-refractivity contribution in [3.8, 4) is 28.0 Å². The van der Waals surface area contributed by atoms with Crippen LogP contribution in [0, 0.1) is 48.5 Å². The number of hydrogen-bond acceptors (Lipinski definition) is 3. The molecule has 0 N–H and O–H groups in total. The second-order valence-corrected chi connectivity index (χ2v) is 12.4. The van der Waals surface area contributed by atoms with Crippen LogP contribution < -0.4 is 14.5 Å². The van der Waals surface area contributed by atoms with Crippen LogP contribution in [0.1, 0.15) is 45.9 Å². The van der Waals surface area contributed by atoms with Gasteiger partial charge in [-0.2, -0.15) is 0 Å². The monoisotopic (exact) mass is 566 g/mol. The highest BCUT2D eigenvalue weighted by molar-refractivity contribution is 6.00. The summed E-state index contributed by atoms with van der Waals surface area (Å²) in [5, 5.41) is 0. The van der Waals surface area contributed by atoms with Crippen LogP contribution in [0.5, 0.6) is 5.75 Å². The minimum Gasteiger partial charge on any atom is -0.496 e. The number of hydrogen-bond donors (Lipinski definition) is 0. The van der Waals surface area contributed by atoms with Crippen molar-refractivity contribution in [1.29, 1.82) is 0 Å². The van der Waals surface area contributed by atoms with Crippen molar-refractivity contribution in [2.45, 2.75) is 61.6 Å². The van der Waals surface area contributed by atoms with Crippen LogP contribution >= 0.6 is 0 Å². The standard InChI is InChI=1S/C40H42N2O/c1-24-16-25(2)19-32(18-24)34-12-10-13-35(33-20-26(3)17-27(4)21-33)40(34)42-31(8)41(36-14-11-15-39(43-9)30(36)7)37-22-28(5)29(6)23-38(37)42/h10-23,31H,1-9H3/t31-/m1/s1. The first kappa shape index (κ1) is 28.6. The number of methoxy groups -OCH3 is 1. The molecule has 1 heterocycles.